The largest absolute Gasteiger partial charge is 0.497 e. The summed E-state index contributed by atoms with van der Waals surface area (Å²) in [6, 6.07) is 41.6. The summed E-state index contributed by atoms with van der Waals surface area (Å²) in [5.74, 6) is -0.388. The lowest BCUT2D eigenvalue weighted by Gasteiger charge is -2.37. The zero-order valence-electron chi connectivity index (χ0n) is 46.6. The minimum atomic E-state index is -0.893. The van der Waals surface area contributed by atoms with Gasteiger partial charge in [0.2, 0.25) is 0 Å². The molecule has 5 aromatic carbocycles. The van der Waals surface area contributed by atoms with E-state index in [2.05, 4.69) is 4.90 Å². The van der Waals surface area contributed by atoms with Gasteiger partial charge in [-0.2, -0.15) is 0 Å². The number of esters is 2. The molecule has 20 nitrogen and oxygen atoms in total. The summed E-state index contributed by atoms with van der Waals surface area (Å²) in [5, 5.41) is 9.21. The van der Waals surface area contributed by atoms with Crippen LogP contribution in [0, 0.1) is 0 Å². The molecule has 0 saturated carbocycles. The summed E-state index contributed by atoms with van der Waals surface area (Å²) >= 11 is 0. The number of likely N-dealkylation sites (tertiary alicyclic amines) is 3. The third-order valence-electron chi connectivity index (χ3n) is 14.8. The van der Waals surface area contributed by atoms with Gasteiger partial charge in [0.15, 0.2) is 11.6 Å². The molecule has 0 bridgehead atoms. The van der Waals surface area contributed by atoms with Crippen LogP contribution in [-0.2, 0) is 89.9 Å². The molecule has 5 aliphatic rings. The predicted octanol–water partition coefficient (Wildman–Crippen LogP) is 5.89. The Morgan fingerprint density at radius 2 is 0.877 bits per heavy atom. The average molecular weight is 1120 g/mol. The molecule has 5 fully saturated rings. The predicted molar refractivity (Wildman–Crippen MR) is 294 cm³/mol. The summed E-state index contributed by atoms with van der Waals surface area (Å²) in [6.07, 6.45) is 0.690. The number of carbonyl (C=O) groups is 4. The third kappa shape index (κ3) is 16.7. The van der Waals surface area contributed by atoms with Crippen molar-refractivity contribution in [2.24, 2.45) is 0 Å². The Kier molecular flexibility index (Phi) is 21.8. The Morgan fingerprint density at radius 1 is 0.506 bits per heavy atom. The molecule has 0 unspecified atom stereocenters. The lowest BCUT2D eigenvalue weighted by molar-refractivity contribution is -0.291. The van der Waals surface area contributed by atoms with Gasteiger partial charge in [-0.3, -0.25) is 39.1 Å². The molecule has 5 heterocycles. The van der Waals surface area contributed by atoms with Gasteiger partial charge in [0.25, 0.3) is 5.91 Å². The molecule has 5 aliphatic heterocycles. The fourth-order valence-electron chi connectivity index (χ4n) is 10.4. The number of nitrogens with one attached hydrogen (secondary N) is 1. The van der Waals surface area contributed by atoms with Crippen LogP contribution < -0.4 is 19.7 Å². The van der Waals surface area contributed by atoms with Gasteiger partial charge in [-0.05, 0) is 64.2 Å². The van der Waals surface area contributed by atoms with E-state index in [1.165, 1.54) is 14.2 Å². The molecule has 0 aromatic heterocycles. The minimum Gasteiger partial charge on any atom is -0.497 e. The van der Waals surface area contributed by atoms with Crippen molar-refractivity contribution in [3.63, 3.8) is 0 Å². The molecule has 2 spiro atoms. The van der Waals surface area contributed by atoms with Crippen LogP contribution in [0.2, 0.25) is 0 Å². The number of hydrogen-bond acceptors (Lipinski definition) is 19. The summed E-state index contributed by atoms with van der Waals surface area (Å²) in [4.78, 5) is 53.7. The number of ketones is 1. The van der Waals surface area contributed by atoms with E-state index in [9.17, 15) is 24.4 Å². The minimum absolute atomic E-state index is 0.0731. The molecule has 10 rings (SSSR count). The Labute approximate surface area is 472 Å². The smallest absolute Gasteiger partial charge is 0.323 e. The standard InChI is InChI=1S/C24H29NO6.C23H28N2O6.C14H17NO4/c1-27-20-10-8-18(9-11-20)13-25-17-24(12-22(25)23(26)28-2)30-15-21(16-31-24)29-14-19-6-4-3-5-7-19;1-28-19-9-7-17(8-10-19)12-25-16-23(11-21(25)22(26)24-27)30-14-20(15-31-23)29-13-18-5-3-2-4-6-18;1-18-12-5-3-10(4-6-12)8-15-9-11(16)7-13(15)14(17)19-2/h3-11,21-22H,12-17H2,1-2H3;2-10,20-21,27H,11-16H2,1H3,(H,24,26);3-6,13H,7-9H2,1-2H3/t21?,22-,24?;20?,21-,23?;13-/m111/s1. The monoisotopic (exact) mass is 1120 g/mol. The Balaban J connectivity index is 0.000000165. The van der Waals surface area contributed by atoms with Crippen LogP contribution in [0.3, 0.4) is 0 Å². The zero-order chi connectivity index (χ0) is 57.2. The maximum Gasteiger partial charge on any atom is 0.323 e. The number of hydroxylamine groups is 1. The molecule has 2 N–H and O–H groups in total. The fraction of sp³-hybridized carbons (Fsp3) is 0.443. The normalized spacial score (nSPS) is 24.6. The molecule has 0 aliphatic carbocycles. The van der Waals surface area contributed by atoms with Crippen LogP contribution in [0.15, 0.2) is 133 Å². The van der Waals surface area contributed by atoms with Crippen LogP contribution in [-0.4, -0.2) is 167 Å². The first-order valence-corrected chi connectivity index (χ1v) is 26.9. The van der Waals surface area contributed by atoms with Crippen molar-refractivity contribution in [2.75, 3.05) is 81.6 Å². The number of rotatable bonds is 18. The van der Waals surface area contributed by atoms with Gasteiger partial charge in [-0.15, -0.1) is 0 Å². The Hall–Kier alpha value is -6.82. The maximum atomic E-state index is 12.4. The quantitative estimate of drug-likeness (QED) is 0.0595. The van der Waals surface area contributed by atoms with Gasteiger partial charge in [0.05, 0.1) is 101 Å². The molecule has 0 radical (unpaired) electrons. The number of Topliss-reactive ketones (excluding diaryl/α,β-unsaturated/α-hetero) is 1. The van der Waals surface area contributed by atoms with Gasteiger partial charge in [-0.25, -0.2) is 5.48 Å². The lowest BCUT2D eigenvalue weighted by Crippen LogP contribution is -2.48. The number of nitrogens with zero attached hydrogens (tertiary/aromatic N) is 3. The van der Waals surface area contributed by atoms with E-state index in [-0.39, 0.29) is 36.4 Å². The molecular weight excluding hydrogens is 1040 g/mol. The van der Waals surface area contributed by atoms with E-state index in [0.29, 0.717) is 91.8 Å². The molecule has 81 heavy (non-hydrogen) atoms. The molecule has 20 heteroatoms. The highest BCUT2D eigenvalue weighted by Crippen LogP contribution is 2.38. The topological polar surface area (TPSA) is 212 Å². The van der Waals surface area contributed by atoms with E-state index in [1.54, 1.807) is 26.8 Å². The van der Waals surface area contributed by atoms with Crippen molar-refractivity contribution in [2.45, 2.75) is 94.0 Å². The summed E-state index contributed by atoms with van der Waals surface area (Å²) in [5.41, 5.74) is 7.11. The first kappa shape index (κ1) is 60.3. The van der Waals surface area contributed by atoms with E-state index < -0.39 is 35.6 Å². The van der Waals surface area contributed by atoms with E-state index in [1.807, 2.05) is 143 Å². The van der Waals surface area contributed by atoms with Gasteiger partial charge >= 0.3 is 11.9 Å². The van der Waals surface area contributed by atoms with Crippen LogP contribution in [0.5, 0.6) is 17.2 Å². The molecule has 5 saturated heterocycles. The van der Waals surface area contributed by atoms with Gasteiger partial charge in [-0.1, -0.05) is 97.1 Å². The number of hydrogen-bond donors (Lipinski definition) is 2. The molecule has 3 atom stereocenters. The highest BCUT2D eigenvalue weighted by Gasteiger charge is 2.53. The number of ether oxygens (including phenoxy) is 11. The second kappa shape index (κ2) is 29.2. The number of methoxy groups -OCH3 is 5. The average Bonchev–Trinajstić information content (AvgIpc) is 4.19. The summed E-state index contributed by atoms with van der Waals surface area (Å²) < 4.78 is 61.6. The van der Waals surface area contributed by atoms with Crippen LogP contribution in [0.1, 0.15) is 47.1 Å². The van der Waals surface area contributed by atoms with Crippen LogP contribution in [0.25, 0.3) is 0 Å². The summed E-state index contributed by atoms with van der Waals surface area (Å²) in [7, 11) is 7.63. The maximum absolute atomic E-state index is 12.4. The van der Waals surface area contributed by atoms with E-state index in [0.717, 1.165) is 45.1 Å². The van der Waals surface area contributed by atoms with Crippen molar-refractivity contribution < 1.29 is 76.5 Å². The zero-order valence-corrected chi connectivity index (χ0v) is 46.6. The molecular formula is C61H74N4O16. The van der Waals surface area contributed by atoms with Gasteiger partial charge in [0, 0.05) is 38.9 Å². The molecule has 434 valence electrons. The fourth-order valence-corrected chi connectivity index (χ4v) is 10.4. The van der Waals surface area contributed by atoms with Crippen molar-refractivity contribution in [1.29, 1.82) is 0 Å². The van der Waals surface area contributed by atoms with Gasteiger partial charge < -0.3 is 52.1 Å². The van der Waals surface area contributed by atoms with Crippen molar-refractivity contribution in [1.82, 2.24) is 20.2 Å². The Bertz CT molecular complexity index is 2610. The second-order valence-electron chi connectivity index (χ2n) is 20.4. The van der Waals surface area contributed by atoms with Crippen molar-refractivity contribution in [3.8, 4) is 17.2 Å². The Morgan fingerprint density at radius 3 is 1.26 bits per heavy atom. The van der Waals surface area contributed by atoms with Crippen molar-refractivity contribution >= 4 is 23.6 Å². The van der Waals surface area contributed by atoms with Crippen molar-refractivity contribution in [3.05, 3.63) is 161 Å². The number of carbonyl (C=O) groups excluding carboxylic acids is 4. The lowest BCUT2D eigenvalue weighted by atomic mass is 10.1. The third-order valence-corrected chi connectivity index (χ3v) is 14.8. The molecule has 5 aromatic rings. The first-order valence-electron chi connectivity index (χ1n) is 26.9. The second-order valence-corrected chi connectivity index (χ2v) is 20.4. The van der Waals surface area contributed by atoms with Crippen LogP contribution in [0.4, 0.5) is 0 Å². The molecule has 1 amide bonds. The van der Waals surface area contributed by atoms with Crippen LogP contribution >= 0.6 is 0 Å². The first-order chi connectivity index (χ1) is 39.3. The van der Waals surface area contributed by atoms with E-state index >= 15 is 0 Å². The SMILES string of the molecule is COC(=O)[C@H]1CC(=O)CN1Cc1ccc(OC)cc1.COC(=O)[C@H]1CC2(CN1Cc1ccc(OC)cc1)OCC(OCc1ccccc1)CO2.COc1ccc(CN2CC3(C[C@@H]2C(=O)NO)OCC(OCc2ccccc2)CO3)cc1. The number of amides is 1. The summed E-state index contributed by atoms with van der Waals surface area (Å²) in [6.45, 7) is 5.50. The van der Waals surface area contributed by atoms with Gasteiger partial charge in [0.1, 0.15) is 47.3 Å². The highest BCUT2D eigenvalue weighted by molar-refractivity contribution is 5.91. The number of benzene rings is 5. The van der Waals surface area contributed by atoms with E-state index in [4.69, 9.17) is 52.1 Å². The highest BCUT2D eigenvalue weighted by atomic mass is 16.7.